The number of rotatable bonds is 1. The Morgan fingerprint density at radius 3 is 2.70 bits per heavy atom. The van der Waals surface area contributed by atoms with E-state index < -0.39 is 5.91 Å². The fraction of sp³-hybridized carbons (Fsp3) is 0.200. The summed E-state index contributed by atoms with van der Waals surface area (Å²) in [4.78, 5) is 10.4. The van der Waals surface area contributed by atoms with Gasteiger partial charge < -0.3 is 10.8 Å². The number of nitrogens with zero attached hydrogens (tertiary/aromatic N) is 2. The van der Waals surface area contributed by atoms with E-state index in [9.17, 15) is 4.79 Å². The molecule has 1 amide bonds. The van der Waals surface area contributed by atoms with Gasteiger partial charge in [-0.15, -0.1) is 0 Å². The standard InChI is InChI=1S/C5H7N3O2/c1-8-2-3(9)4(7-8)5(6)10/h2,9H,1H3,(H2,6,10). The summed E-state index contributed by atoms with van der Waals surface area (Å²) in [7, 11) is 1.59. The number of carbonyl (C=O) groups is 1. The molecule has 0 aromatic carbocycles. The van der Waals surface area contributed by atoms with Gasteiger partial charge in [0.1, 0.15) is 0 Å². The summed E-state index contributed by atoms with van der Waals surface area (Å²) in [5.41, 5.74) is 4.76. The van der Waals surface area contributed by atoms with Crippen molar-refractivity contribution >= 4 is 5.91 Å². The zero-order chi connectivity index (χ0) is 7.72. The minimum absolute atomic E-state index is 0.0949. The van der Waals surface area contributed by atoms with E-state index in [-0.39, 0.29) is 11.4 Å². The van der Waals surface area contributed by atoms with Crippen LogP contribution in [0.5, 0.6) is 5.75 Å². The smallest absolute Gasteiger partial charge is 0.273 e. The van der Waals surface area contributed by atoms with Crippen LogP contribution in [0.1, 0.15) is 10.5 Å². The molecule has 0 fully saturated rings. The quantitative estimate of drug-likeness (QED) is 0.538. The van der Waals surface area contributed by atoms with Crippen LogP contribution in [0.2, 0.25) is 0 Å². The largest absolute Gasteiger partial charge is 0.504 e. The summed E-state index contributed by atoms with van der Waals surface area (Å²) < 4.78 is 1.31. The molecule has 1 aromatic heterocycles. The first-order valence-electron chi connectivity index (χ1n) is 2.63. The van der Waals surface area contributed by atoms with Crippen molar-refractivity contribution in [1.82, 2.24) is 9.78 Å². The number of aromatic nitrogens is 2. The molecule has 54 valence electrons. The summed E-state index contributed by atoms with van der Waals surface area (Å²) in [6, 6.07) is 0. The summed E-state index contributed by atoms with van der Waals surface area (Å²) in [6.07, 6.45) is 1.31. The fourth-order valence-corrected chi connectivity index (χ4v) is 0.651. The Balaban J connectivity index is 3.15. The van der Waals surface area contributed by atoms with Gasteiger partial charge in [0.15, 0.2) is 11.4 Å². The minimum atomic E-state index is -0.724. The maximum absolute atomic E-state index is 10.4. The van der Waals surface area contributed by atoms with Crippen molar-refractivity contribution in [1.29, 1.82) is 0 Å². The number of hydrogen-bond donors (Lipinski definition) is 2. The molecule has 5 heteroatoms. The molecule has 0 atom stereocenters. The molecule has 0 spiro atoms. The highest BCUT2D eigenvalue weighted by Crippen LogP contribution is 2.11. The van der Waals surface area contributed by atoms with Gasteiger partial charge in [-0.25, -0.2) is 0 Å². The second-order valence-electron chi connectivity index (χ2n) is 1.90. The van der Waals surface area contributed by atoms with Crippen LogP contribution < -0.4 is 5.73 Å². The number of hydrogen-bond acceptors (Lipinski definition) is 3. The van der Waals surface area contributed by atoms with Gasteiger partial charge in [0, 0.05) is 7.05 Å². The second-order valence-corrected chi connectivity index (χ2v) is 1.90. The van der Waals surface area contributed by atoms with Crippen LogP contribution in [0.25, 0.3) is 0 Å². The Kier molecular flexibility index (Phi) is 1.33. The van der Waals surface area contributed by atoms with Gasteiger partial charge in [-0.05, 0) is 0 Å². The molecule has 0 unspecified atom stereocenters. The maximum Gasteiger partial charge on any atom is 0.273 e. The van der Waals surface area contributed by atoms with Crippen molar-refractivity contribution in [3.05, 3.63) is 11.9 Å². The first kappa shape index (κ1) is 6.60. The van der Waals surface area contributed by atoms with E-state index in [1.807, 2.05) is 0 Å². The molecular weight excluding hydrogens is 134 g/mol. The highest BCUT2D eigenvalue weighted by Gasteiger charge is 2.10. The summed E-state index contributed by atoms with van der Waals surface area (Å²) in [6.45, 7) is 0. The molecule has 0 aliphatic heterocycles. The van der Waals surface area contributed by atoms with Crippen LogP contribution in [0.3, 0.4) is 0 Å². The highest BCUT2D eigenvalue weighted by atomic mass is 16.3. The van der Waals surface area contributed by atoms with Crippen LogP contribution >= 0.6 is 0 Å². The average molecular weight is 141 g/mol. The van der Waals surface area contributed by atoms with Gasteiger partial charge >= 0.3 is 0 Å². The third kappa shape index (κ3) is 0.928. The first-order valence-corrected chi connectivity index (χ1v) is 2.63. The highest BCUT2D eigenvalue weighted by molar-refractivity contribution is 5.93. The maximum atomic E-state index is 10.4. The summed E-state index contributed by atoms with van der Waals surface area (Å²) >= 11 is 0. The number of primary amides is 1. The summed E-state index contributed by atoms with van der Waals surface area (Å²) in [5, 5.41) is 12.5. The molecule has 1 heterocycles. The zero-order valence-electron chi connectivity index (χ0n) is 5.40. The Labute approximate surface area is 57.1 Å². The Bertz CT molecular complexity index is 266. The van der Waals surface area contributed by atoms with Gasteiger partial charge in [-0.2, -0.15) is 5.10 Å². The number of aromatic hydroxyl groups is 1. The molecule has 0 saturated heterocycles. The van der Waals surface area contributed by atoms with Gasteiger partial charge in [0.05, 0.1) is 6.20 Å². The molecular formula is C5H7N3O2. The van der Waals surface area contributed by atoms with E-state index >= 15 is 0 Å². The van der Waals surface area contributed by atoms with Crippen molar-refractivity contribution in [2.45, 2.75) is 0 Å². The van der Waals surface area contributed by atoms with Crippen molar-refractivity contribution in [2.75, 3.05) is 0 Å². The van der Waals surface area contributed by atoms with Crippen molar-refractivity contribution in [3.63, 3.8) is 0 Å². The predicted octanol–water partition coefficient (Wildman–Crippen LogP) is -0.775. The van der Waals surface area contributed by atoms with Crippen LogP contribution in [-0.2, 0) is 7.05 Å². The van der Waals surface area contributed by atoms with Crippen LogP contribution in [0.4, 0.5) is 0 Å². The number of amides is 1. The topological polar surface area (TPSA) is 81.1 Å². The summed E-state index contributed by atoms with van der Waals surface area (Å²) in [5.74, 6) is -0.909. The lowest BCUT2D eigenvalue weighted by Crippen LogP contribution is -2.12. The Hall–Kier alpha value is -1.52. The molecule has 1 aromatic rings. The normalized spacial score (nSPS) is 9.70. The monoisotopic (exact) mass is 141 g/mol. The lowest BCUT2D eigenvalue weighted by Gasteiger charge is -1.85. The van der Waals surface area contributed by atoms with Crippen LogP contribution in [0.15, 0.2) is 6.20 Å². The van der Waals surface area contributed by atoms with E-state index in [1.165, 1.54) is 10.9 Å². The SMILES string of the molecule is Cn1cc(O)c(C(N)=O)n1. The van der Waals surface area contributed by atoms with Crippen LogP contribution in [0, 0.1) is 0 Å². The van der Waals surface area contributed by atoms with Crippen molar-refractivity contribution in [3.8, 4) is 5.75 Å². The van der Waals surface area contributed by atoms with Crippen molar-refractivity contribution < 1.29 is 9.90 Å². The van der Waals surface area contributed by atoms with E-state index in [2.05, 4.69) is 5.10 Å². The second kappa shape index (κ2) is 2.02. The number of nitrogens with two attached hydrogens (primary N) is 1. The van der Waals surface area contributed by atoms with Gasteiger partial charge in [0.2, 0.25) is 0 Å². The third-order valence-electron chi connectivity index (χ3n) is 1.04. The molecule has 3 N–H and O–H groups in total. The lowest BCUT2D eigenvalue weighted by atomic mass is 10.4. The predicted molar refractivity (Wildman–Crippen MR) is 33.4 cm³/mol. The Morgan fingerprint density at radius 2 is 2.50 bits per heavy atom. The van der Waals surface area contributed by atoms with E-state index in [0.717, 1.165) is 0 Å². The number of carbonyl (C=O) groups excluding carboxylic acids is 1. The van der Waals surface area contributed by atoms with Gasteiger partial charge in [-0.3, -0.25) is 9.48 Å². The molecule has 0 aliphatic rings. The van der Waals surface area contributed by atoms with Crippen molar-refractivity contribution in [2.24, 2.45) is 12.8 Å². The molecule has 1 rings (SSSR count). The van der Waals surface area contributed by atoms with E-state index in [0.29, 0.717) is 0 Å². The lowest BCUT2D eigenvalue weighted by molar-refractivity contribution is 0.0992. The van der Waals surface area contributed by atoms with Crippen LogP contribution in [-0.4, -0.2) is 20.8 Å². The van der Waals surface area contributed by atoms with E-state index in [4.69, 9.17) is 10.8 Å². The minimum Gasteiger partial charge on any atom is -0.504 e. The molecule has 0 bridgehead atoms. The van der Waals surface area contributed by atoms with Gasteiger partial charge in [-0.1, -0.05) is 0 Å². The van der Waals surface area contributed by atoms with Gasteiger partial charge in [0.25, 0.3) is 5.91 Å². The number of aryl methyl sites for hydroxylation is 1. The molecule has 0 aliphatic carbocycles. The third-order valence-corrected chi connectivity index (χ3v) is 1.04. The average Bonchev–Trinajstić information content (AvgIpc) is 2.10. The zero-order valence-corrected chi connectivity index (χ0v) is 5.40. The first-order chi connectivity index (χ1) is 4.61. The Morgan fingerprint density at radius 1 is 1.90 bits per heavy atom. The molecule has 10 heavy (non-hydrogen) atoms. The molecule has 0 saturated carbocycles. The fourth-order valence-electron chi connectivity index (χ4n) is 0.651. The van der Waals surface area contributed by atoms with E-state index in [1.54, 1.807) is 7.05 Å². The molecule has 5 nitrogen and oxygen atoms in total. The molecule has 0 radical (unpaired) electrons.